The third-order valence-corrected chi connectivity index (χ3v) is 9.70. The van der Waals surface area contributed by atoms with Gasteiger partial charge in [-0.1, -0.05) is 91.4 Å². The molecule has 0 rings (SSSR count). The molecule has 0 aromatic rings. The van der Waals surface area contributed by atoms with Gasteiger partial charge in [-0.05, 0) is 62.9 Å². The van der Waals surface area contributed by atoms with Gasteiger partial charge in [0, 0.05) is 0 Å². The second-order valence-electron chi connectivity index (χ2n) is 8.19. The first kappa shape index (κ1) is 26.9. The Bertz CT molecular complexity index is 230. The van der Waals surface area contributed by atoms with E-state index in [1.807, 2.05) is 0 Å². The van der Waals surface area contributed by atoms with Gasteiger partial charge in [-0.25, -0.2) is 0 Å². The third-order valence-electron chi connectivity index (χ3n) is 5.44. The van der Waals surface area contributed by atoms with E-state index >= 15 is 0 Å². The fourth-order valence-corrected chi connectivity index (χ4v) is 7.53. The van der Waals surface area contributed by atoms with Crippen LogP contribution in [0.25, 0.3) is 0 Å². The SMILES string of the molecule is CCCCCCPCCCCCCP(CCCCCC)CCCCCC. The van der Waals surface area contributed by atoms with Gasteiger partial charge < -0.3 is 0 Å². The molecular weight excluding hydrogens is 350 g/mol. The molecule has 0 radical (unpaired) electrons. The lowest BCUT2D eigenvalue weighted by Crippen LogP contribution is -1.97. The van der Waals surface area contributed by atoms with Crippen LogP contribution < -0.4 is 0 Å². The van der Waals surface area contributed by atoms with E-state index in [1.165, 1.54) is 124 Å². The van der Waals surface area contributed by atoms with Crippen LogP contribution in [0.4, 0.5) is 0 Å². The van der Waals surface area contributed by atoms with Crippen LogP contribution in [-0.2, 0) is 0 Å². The first-order chi connectivity index (χ1) is 12.8. The molecule has 0 aliphatic carbocycles. The molecule has 26 heavy (non-hydrogen) atoms. The van der Waals surface area contributed by atoms with Crippen LogP contribution in [0, 0.1) is 0 Å². The number of rotatable bonds is 22. The van der Waals surface area contributed by atoms with Crippen LogP contribution in [0.1, 0.15) is 124 Å². The number of hydrogen-bond donors (Lipinski definition) is 0. The lowest BCUT2D eigenvalue weighted by molar-refractivity contribution is 0.687. The topological polar surface area (TPSA) is 0 Å². The molecule has 0 aromatic heterocycles. The van der Waals surface area contributed by atoms with E-state index in [-0.39, 0.29) is 0 Å². The molecule has 158 valence electrons. The molecule has 0 aliphatic heterocycles. The molecule has 0 aromatic carbocycles. The minimum Gasteiger partial charge on any atom is -0.122 e. The van der Waals surface area contributed by atoms with Gasteiger partial charge in [-0.2, -0.15) is 0 Å². The molecule has 0 fully saturated rings. The van der Waals surface area contributed by atoms with Gasteiger partial charge in [0.1, 0.15) is 0 Å². The summed E-state index contributed by atoms with van der Waals surface area (Å²) in [6.45, 7) is 6.98. The van der Waals surface area contributed by atoms with E-state index in [2.05, 4.69) is 20.8 Å². The number of hydrogen-bond acceptors (Lipinski definition) is 0. The highest BCUT2D eigenvalue weighted by Gasteiger charge is 2.07. The lowest BCUT2D eigenvalue weighted by atomic mass is 10.2. The zero-order valence-corrected chi connectivity index (χ0v) is 20.7. The summed E-state index contributed by atoms with van der Waals surface area (Å²) in [4.78, 5) is 0. The molecule has 0 nitrogen and oxygen atoms in total. The van der Waals surface area contributed by atoms with Gasteiger partial charge >= 0.3 is 0 Å². The van der Waals surface area contributed by atoms with Crippen LogP contribution in [0.3, 0.4) is 0 Å². The van der Waals surface area contributed by atoms with E-state index in [0.717, 1.165) is 0 Å². The van der Waals surface area contributed by atoms with Crippen LogP contribution in [0.15, 0.2) is 0 Å². The van der Waals surface area contributed by atoms with Crippen molar-refractivity contribution in [2.45, 2.75) is 124 Å². The first-order valence-corrected chi connectivity index (χ1v) is 15.6. The Kier molecular flexibility index (Phi) is 24.7. The van der Waals surface area contributed by atoms with Gasteiger partial charge in [-0.15, -0.1) is 16.5 Å². The summed E-state index contributed by atoms with van der Waals surface area (Å²) in [5.41, 5.74) is 0. The van der Waals surface area contributed by atoms with Crippen LogP contribution in [-0.4, -0.2) is 30.8 Å². The van der Waals surface area contributed by atoms with Gasteiger partial charge in [-0.3, -0.25) is 0 Å². The van der Waals surface area contributed by atoms with E-state index < -0.39 is 0 Å². The van der Waals surface area contributed by atoms with Crippen molar-refractivity contribution in [2.24, 2.45) is 0 Å². The average molecular weight is 403 g/mol. The van der Waals surface area contributed by atoms with Crippen molar-refractivity contribution in [2.75, 3.05) is 30.8 Å². The summed E-state index contributed by atoms with van der Waals surface area (Å²) in [5, 5.41) is 0. The predicted octanol–water partition coefficient (Wildman–Crippen LogP) is 9.45. The maximum absolute atomic E-state index is 2.33. The third kappa shape index (κ3) is 21.2. The minimum atomic E-state index is 0.372. The monoisotopic (exact) mass is 402 g/mol. The summed E-state index contributed by atoms with van der Waals surface area (Å²) >= 11 is 0. The fraction of sp³-hybridized carbons (Fsp3) is 1.00. The molecule has 2 heteroatoms. The molecule has 0 heterocycles. The second kappa shape index (κ2) is 23.9. The maximum Gasteiger partial charge on any atom is -0.0326 e. The Morgan fingerprint density at radius 1 is 0.423 bits per heavy atom. The molecule has 0 saturated heterocycles. The Hall–Kier alpha value is 0.860. The molecule has 0 spiro atoms. The van der Waals surface area contributed by atoms with Crippen molar-refractivity contribution in [3.8, 4) is 0 Å². The zero-order valence-electron chi connectivity index (χ0n) is 18.8. The molecule has 1 atom stereocenters. The van der Waals surface area contributed by atoms with Crippen LogP contribution >= 0.6 is 16.5 Å². The molecule has 0 aliphatic rings. The summed E-state index contributed by atoms with van der Waals surface area (Å²) in [5.74, 6) is 0. The molecule has 0 saturated carbocycles. The molecule has 0 amide bonds. The van der Waals surface area contributed by atoms with Gasteiger partial charge in [0.15, 0.2) is 0 Å². The Labute approximate surface area is 171 Å². The van der Waals surface area contributed by atoms with Crippen molar-refractivity contribution in [3.63, 3.8) is 0 Å². The van der Waals surface area contributed by atoms with Gasteiger partial charge in [0.25, 0.3) is 0 Å². The van der Waals surface area contributed by atoms with E-state index in [0.29, 0.717) is 7.92 Å². The van der Waals surface area contributed by atoms with E-state index in [4.69, 9.17) is 0 Å². The Morgan fingerprint density at radius 3 is 1.19 bits per heavy atom. The Morgan fingerprint density at radius 2 is 0.769 bits per heavy atom. The highest BCUT2D eigenvalue weighted by Crippen LogP contribution is 2.39. The quantitative estimate of drug-likeness (QED) is 0.125. The van der Waals surface area contributed by atoms with Gasteiger partial charge in [0.2, 0.25) is 0 Å². The summed E-state index contributed by atoms with van der Waals surface area (Å²) < 4.78 is 0. The van der Waals surface area contributed by atoms with Crippen LogP contribution in [0.2, 0.25) is 0 Å². The standard InChI is InChI=1S/C24H52P2/c1-4-7-10-15-20-25-21-16-13-14-19-24-26(22-17-11-8-5-2)23-18-12-9-6-3/h25H,4-24H2,1-3H3. The largest absolute Gasteiger partial charge is 0.122 e. The Balaban J connectivity index is 3.57. The van der Waals surface area contributed by atoms with Crippen molar-refractivity contribution in [1.82, 2.24) is 0 Å². The van der Waals surface area contributed by atoms with Gasteiger partial charge in [0.05, 0.1) is 0 Å². The smallest absolute Gasteiger partial charge is 0.0326 e. The minimum absolute atomic E-state index is 0.372. The normalized spacial score (nSPS) is 12.0. The van der Waals surface area contributed by atoms with Crippen LogP contribution in [0.5, 0.6) is 0 Å². The maximum atomic E-state index is 2.33. The summed E-state index contributed by atoms with van der Waals surface area (Å²) in [6, 6.07) is 0. The predicted molar refractivity (Wildman–Crippen MR) is 130 cm³/mol. The van der Waals surface area contributed by atoms with Crippen molar-refractivity contribution >= 4 is 16.5 Å². The molecule has 0 N–H and O–H groups in total. The van der Waals surface area contributed by atoms with E-state index in [1.54, 1.807) is 18.5 Å². The first-order valence-electron chi connectivity index (χ1n) is 12.3. The molecule has 0 bridgehead atoms. The zero-order chi connectivity index (χ0) is 19.1. The summed E-state index contributed by atoms with van der Waals surface area (Å²) in [6.07, 6.45) is 31.4. The molecular formula is C24H52P2. The number of unbranched alkanes of at least 4 members (excludes halogenated alkanes) is 12. The van der Waals surface area contributed by atoms with Crippen molar-refractivity contribution in [1.29, 1.82) is 0 Å². The average Bonchev–Trinajstić information content (AvgIpc) is 2.66. The van der Waals surface area contributed by atoms with E-state index in [9.17, 15) is 0 Å². The fourth-order valence-electron chi connectivity index (χ4n) is 3.60. The lowest BCUT2D eigenvalue weighted by Gasteiger charge is -2.18. The summed E-state index contributed by atoms with van der Waals surface area (Å²) in [7, 11) is 1.63. The highest BCUT2D eigenvalue weighted by atomic mass is 31.1. The highest BCUT2D eigenvalue weighted by molar-refractivity contribution is 7.57. The second-order valence-corrected chi connectivity index (χ2v) is 12.4. The molecule has 1 unspecified atom stereocenters. The van der Waals surface area contributed by atoms with Crippen molar-refractivity contribution in [3.05, 3.63) is 0 Å². The van der Waals surface area contributed by atoms with Crippen molar-refractivity contribution < 1.29 is 0 Å².